The van der Waals surface area contributed by atoms with Crippen LogP contribution in [0.15, 0.2) is 72.8 Å². The number of fused-ring (bicyclic) bond motifs is 2. The van der Waals surface area contributed by atoms with E-state index >= 15 is 0 Å². The van der Waals surface area contributed by atoms with Gasteiger partial charge >= 0.3 is 0 Å². The number of hydrogen-bond acceptors (Lipinski definition) is 3. The number of anilines is 1. The summed E-state index contributed by atoms with van der Waals surface area (Å²) in [6, 6.07) is 22.3. The molecule has 1 atom stereocenters. The lowest BCUT2D eigenvalue weighted by atomic mass is 10.0. The molecule has 5 rings (SSSR count). The SMILES string of the molecule is CC(NC(=O)c1ccccc1Cl)c1nc2ccccc2n1CC(=O)N1CCCc2ccccc21. The number of nitrogens with one attached hydrogen (secondary N) is 1. The van der Waals surface area contributed by atoms with Crippen molar-refractivity contribution in [3.8, 4) is 0 Å². The molecule has 0 radical (unpaired) electrons. The maximum absolute atomic E-state index is 13.5. The molecule has 0 spiro atoms. The van der Waals surface area contributed by atoms with Gasteiger partial charge in [-0.1, -0.05) is 54.1 Å². The van der Waals surface area contributed by atoms with Gasteiger partial charge in [0.25, 0.3) is 5.91 Å². The number of amides is 2. The lowest BCUT2D eigenvalue weighted by Crippen LogP contribution is -2.38. The van der Waals surface area contributed by atoms with Gasteiger partial charge in [-0.15, -0.1) is 0 Å². The Morgan fingerprint density at radius 3 is 2.62 bits per heavy atom. The van der Waals surface area contributed by atoms with Gasteiger partial charge in [0, 0.05) is 12.2 Å². The number of carbonyl (C=O) groups is 2. The molecule has 2 amide bonds. The van der Waals surface area contributed by atoms with Gasteiger partial charge in [-0.05, 0) is 55.7 Å². The van der Waals surface area contributed by atoms with Crippen molar-refractivity contribution in [3.63, 3.8) is 0 Å². The van der Waals surface area contributed by atoms with Crippen LogP contribution in [0.1, 0.15) is 41.1 Å². The minimum atomic E-state index is -0.433. The minimum absolute atomic E-state index is 0.00110. The second-order valence-corrected chi connectivity index (χ2v) is 8.90. The second kappa shape index (κ2) is 9.31. The van der Waals surface area contributed by atoms with E-state index < -0.39 is 6.04 Å². The molecule has 0 fully saturated rings. The molecule has 3 aromatic carbocycles. The first-order valence-electron chi connectivity index (χ1n) is 11.4. The van der Waals surface area contributed by atoms with Gasteiger partial charge in [0.1, 0.15) is 12.4 Å². The van der Waals surface area contributed by atoms with Crippen molar-refractivity contribution in [1.29, 1.82) is 0 Å². The lowest BCUT2D eigenvalue weighted by molar-refractivity contribution is -0.119. The van der Waals surface area contributed by atoms with Gasteiger partial charge in [-0.25, -0.2) is 4.98 Å². The Balaban J connectivity index is 1.45. The molecule has 2 heterocycles. The standard InChI is InChI=1S/C27H25ClN4O2/c1-18(29-27(34)20-11-3-4-12-21(20)28)26-30-22-13-5-7-15-24(22)32(26)17-25(33)31-16-8-10-19-9-2-6-14-23(19)31/h2-7,9,11-15,18H,8,10,16-17H2,1H3,(H,29,34). The van der Waals surface area contributed by atoms with Crippen molar-refractivity contribution >= 4 is 40.1 Å². The van der Waals surface area contributed by atoms with Crippen molar-refractivity contribution in [3.05, 3.63) is 94.8 Å². The molecule has 0 saturated carbocycles. The third-order valence-corrected chi connectivity index (χ3v) is 6.57. The Labute approximate surface area is 203 Å². The minimum Gasteiger partial charge on any atom is -0.342 e. The number of hydrogen-bond donors (Lipinski definition) is 1. The number of benzene rings is 3. The van der Waals surface area contributed by atoms with Crippen LogP contribution < -0.4 is 10.2 Å². The van der Waals surface area contributed by atoms with E-state index in [2.05, 4.69) is 11.4 Å². The third kappa shape index (κ3) is 4.17. The van der Waals surface area contributed by atoms with E-state index in [4.69, 9.17) is 16.6 Å². The molecule has 1 N–H and O–H groups in total. The van der Waals surface area contributed by atoms with Gasteiger partial charge in [-0.2, -0.15) is 0 Å². The summed E-state index contributed by atoms with van der Waals surface area (Å²) in [6.07, 6.45) is 1.91. The fourth-order valence-electron chi connectivity index (χ4n) is 4.59. The highest BCUT2D eigenvalue weighted by Gasteiger charge is 2.26. The van der Waals surface area contributed by atoms with Gasteiger partial charge in [0.05, 0.1) is 27.7 Å². The van der Waals surface area contributed by atoms with Crippen LogP contribution in [-0.2, 0) is 17.8 Å². The molecule has 1 aliphatic heterocycles. The summed E-state index contributed by atoms with van der Waals surface area (Å²) in [5.74, 6) is 0.342. The van der Waals surface area contributed by atoms with Crippen LogP contribution in [0.4, 0.5) is 5.69 Å². The van der Waals surface area contributed by atoms with Crippen LogP contribution in [0, 0.1) is 0 Å². The number of imidazole rings is 1. The van der Waals surface area contributed by atoms with Crippen LogP contribution in [0.2, 0.25) is 5.02 Å². The highest BCUT2D eigenvalue weighted by molar-refractivity contribution is 6.33. The van der Waals surface area contributed by atoms with Crippen molar-refractivity contribution < 1.29 is 9.59 Å². The number of nitrogens with zero attached hydrogens (tertiary/aromatic N) is 3. The third-order valence-electron chi connectivity index (χ3n) is 6.24. The van der Waals surface area contributed by atoms with Crippen molar-refractivity contribution in [2.75, 3.05) is 11.4 Å². The molecule has 0 aliphatic carbocycles. The fourth-order valence-corrected chi connectivity index (χ4v) is 4.81. The fraction of sp³-hybridized carbons (Fsp3) is 0.222. The Morgan fingerprint density at radius 2 is 1.76 bits per heavy atom. The van der Waals surface area contributed by atoms with Crippen LogP contribution in [-0.4, -0.2) is 27.9 Å². The van der Waals surface area contributed by atoms with Crippen LogP contribution in [0.3, 0.4) is 0 Å². The molecule has 7 heteroatoms. The first kappa shape index (κ1) is 22.2. The van der Waals surface area contributed by atoms with Gasteiger partial charge in [0.15, 0.2) is 0 Å². The monoisotopic (exact) mass is 472 g/mol. The van der Waals surface area contributed by atoms with E-state index in [1.165, 1.54) is 5.56 Å². The van der Waals surface area contributed by atoms with Crippen molar-refractivity contribution in [2.45, 2.75) is 32.4 Å². The van der Waals surface area contributed by atoms with Crippen LogP contribution >= 0.6 is 11.6 Å². The van der Waals surface area contributed by atoms with E-state index in [0.717, 1.165) is 29.6 Å². The van der Waals surface area contributed by atoms with Gasteiger partial charge in [0.2, 0.25) is 5.91 Å². The lowest BCUT2D eigenvalue weighted by Gasteiger charge is -2.30. The van der Waals surface area contributed by atoms with Crippen LogP contribution in [0.5, 0.6) is 0 Å². The summed E-state index contributed by atoms with van der Waals surface area (Å²) in [5, 5.41) is 3.38. The average Bonchev–Trinajstić information content (AvgIpc) is 3.22. The quantitative estimate of drug-likeness (QED) is 0.436. The predicted molar refractivity (Wildman–Crippen MR) is 134 cm³/mol. The summed E-state index contributed by atoms with van der Waals surface area (Å²) in [5.41, 5.74) is 4.21. The molecule has 6 nitrogen and oxygen atoms in total. The normalized spacial score (nSPS) is 14.0. The molecule has 1 aliphatic rings. The largest absolute Gasteiger partial charge is 0.342 e. The molecular weight excluding hydrogens is 448 g/mol. The van der Waals surface area contributed by atoms with E-state index in [0.29, 0.717) is 23.0 Å². The Morgan fingerprint density at radius 1 is 1.03 bits per heavy atom. The number of carbonyl (C=O) groups excluding carboxylic acids is 2. The van der Waals surface area contributed by atoms with Crippen LogP contribution in [0.25, 0.3) is 11.0 Å². The number of halogens is 1. The van der Waals surface area contributed by atoms with Crippen molar-refractivity contribution in [1.82, 2.24) is 14.9 Å². The highest BCUT2D eigenvalue weighted by atomic mass is 35.5. The Kier molecular flexibility index (Phi) is 6.07. The smallest absolute Gasteiger partial charge is 0.253 e. The molecule has 34 heavy (non-hydrogen) atoms. The Hall–Kier alpha value is -3.64. The molecule has 172 valence electrons. The molecule has 0 saturated heterocycles. The zero-order valence-corrected chi connectivity index (χ0v) is 19.6. The summed E-state index contributed by atoms with van der Waals surface area (Å²) in [7, 11) is 0. The molecule has 1 aromatic heterocycles. The second-order valence-electron chi connectivity index (χ2n) is 8.50. The summed E-state index contributed by atoms with van der Waals surface area (Å²) in [6.45, 7) is 2.69. The molecular formula is C27H25ClN4O2. The van der Waals surface area contributed by atoms with E-state index in [1.54, 1.807) is 24.3 Å². The predicted octanol–water partition coefficient (Wildman–Crippen LogP) is 5.16. The number of aromatic nitrogens is 2. The number of rotatable bonds is 5. The number of para-hydroxylation sites is 3. The first-order chi connectivity index (χ1) is 16.5. The van der Waals surface area contributed by atoms with Crippen molar-refractivity contribution in [2.24, 2.45) is 0 Å². The molecule has 0 bridgehead atoms. The number of aryl methyl sites for hydroxylation is 1. The summed E-state index contributed by atoms with van der Waals surface area (Å²) >= 11 is 6.21. The zero-order valence-electron chi connectivity index (χ0n) is 18.9. The van der Waals surface area contributed by atoms with E-state index in [9.17, 15) is 9.59 Å². The first-order valence-corrected chi connectivity index (χ1v) is 11.8. The highest BCUT2D eigenvalue weighted by Crippen LogP contribution is 2.28. The topological polar surface area (TPSA) is 67.2 Å². The Bertz CT molecular complexity index is 1380. The molecule has 1 unspecified atom stereocenters. The summed E-state index contributed by atoms with van der Waals surface area (Å²) in [4.78, 5) is 33.0. The zero-order chi connectivity index (χ0) is 23.7. The van der Waals surface area contributed by atoms with E-state index in [-0.39, 0.29) is 18.4 Å². The van der Waals surface area contributed by atoms with Gasteiger partial charge < -0.3 is 14.8 Å². The van der Waals surface area contributed by atoms with Gasteiger partial charge in [-0.3, -0.25) is 9.59 Å². The maximum Gasteiger partial charge on any atom is 0.253 e. The average molecular weight is 473 g/mol. The summed E-state index contributed by atoms with van der Waals surface area (Å²) < 4.78 is 1.91. The maximum atomic E-state index is 13.5. The van der Waals surface area contributed by atoms with E-state index in [1.807, 2.05) is 58.9 Å². The molecule has 4 aromatic rings.